The molecule has 1 heterocycles. The van der Waals surface area contributed by atoms with Crippen LogP contribution < -0.4 is 0 Å². The molecule has 1 aliphatic carbocycles. The van der Waals surface area contributed by atoms with Crippen LogP contribution in [-0.4, -0.2) is 18.0 Å². The summed E-state index contributed by atoms with van der Waals surface area (Å²) in [5.41, 5.74) is 0. The van der Waals surface area contributed by atoms with Gasteiger partial charge in [0.15, 0.2) is 0 Å². The first-order chi connectivity index (χ1) is 7.70. The average Bonchev–Trinajstić information content (AvgIpc) is 2.86. The van der Waals surface area contributed by atoms with Crippen LogP contribution in [0.2, 0.25) is 4.34 Å². The molecule has 16 heavy (non-hydrogen) atoms. The van der Waals surface area contributed by atoms with Gasteiger partial charge < -0.3 is 0 Å². The Morgan fingerprint density at radius 1 is 1.56 bits per heavy atom. The summed E-state index contributed by atoms with van der Waals surface area (Å²) in [5.74, 6) is 0.209. The fourth-order valence-electron chi connectivity index (χ4n) is 2.42. The van der Waals surface area contributed by atoms with E-state index in [0.717, 1.165) is 23.7 Å². The Morgan fingerprint density at radius 3 is 3.00 bits per heavy atom. The maximum atomic E-state index is 9.06. The van der Waals surface area contributed by atoms with Crippen LogP contribution in [0.1, 0.15) is 24.1 Å². The summed E-state index contributed by atoms with van der Waals surface area (Å²) in [6.07, 6.45) is 3.38. The van der Waals surface area contributed by atoms with E-state index in [0.29, 0.717) is 6.04 Å². The van der Waals surface area contributed by atoms with Gasteiger partial charge in [-0.15, -0.1) is 11.3 Å². The summed E-state index contributed by atoms with van der Waals surface area (Å²) in [6, 6.07) is 6.85. The van der Waals surface area contributed by atoms with Gasteiger partial charge in [0, 0.05) is 17.5 Å². The van der Waals surface area contributed by atoms with Crippen LogP contribution in [0.5, 0.6) is 0 Å². The van der Waals surface area contributed by atoms with Crippen molar-refractivity contribution in [3.8, 4) is 6.07 Å². The smallest absolute Gasteiger partial charge is 0.0931 e. The van der Waals surface area contributed by atoms with Crippen LogP contribution in [0, 0.1) is 17.2 Å². The molecule has 0 bridgehead atoms. The first kappa shape index (κ1) is 11.9. The highest BCUT2D eigenvalue weighted by atomic mass is 35.5. The Morgan fingerprint density at radius 2 is 2.38 bits per heavy atom. The zero-order chi connectivity index (χ0) is 11.5. The molecular formula is C12H15ClN2S. The van der Waals surface area contributed by atoms with Gasteiger partial charge in [-0.25, -0.2) is 0 Å². The Bertz CT molecular complexity index is 396. The minimum Gasteiger partial charge on any atom is -0.297 e. The van der Waals surface area contributed by atoms with Crippen LogP contribution in [0.15, 0.2) is 12.1 Å². The molecule has 0 aliphatic heterocycles. The number of hydrogen-bond donors (Lipinski definition) is 0. The van der Waals surface area contributed by atoms with Crippen LogP contribution in [-0.2, 0) is 6.54 Å². The van der Waals surface area contributed by atoms with Crippen molar-refractivity contribution in [3.63, 3.8) is 0 Å². The van der Waals surface area contributed by atoms with E-state index in [4.69, 9.17) is 16.9 Å². The van der Waals surface area contributed by atoms with E-state index in [1.165, 1.54) is 11.3 Å². The van der Waals surface area contributed by atoms with E-state index in [-0.39, 0.29) is 5.92 Å². The fraction of sp³-hybridized carbons (Fsp3) is 0.583. The molecule has 1 aliphatic rings. The second kappa shape index (κ2) is 5.18. The van der Waals surface area contributed by atoms with Crippen molar-refractivity contribution in [1.82, 2.24) is 4.90 Å². The predicted octanol–water partition coefficient (Wildman–Crippen LogP) is 3.53. The maximum Gasteiger partial charge on any atom is 0.0931 e. The summed E-state index contributed by atoms with van der Waals surface area (Å²) in [4.78, 5) is 3.57. The van der Waals surface area contributed by atoms with E-state index in [1.807, 2.05) is 6.07 Å². The molecule has 1 aromatic rings. The molecule has 4 heteroatoms. The van der Waals surface area contributed by atoms with Gasteiger partial charge in [0.05, 0.1) is 16.3 Å². The highest BCUT2D eigenvalue weighted by Gasteiger charge is 2.30. The number of halogens is 1. The Labute approximate surface area is 105 Å². The molecule has 0 N–H and O–H groups in total. The van der Waals surface area contributed by atoms with Crippen LogP contribution >= 0.6 is 22.9 Å². The first-order valence-electron chi connectivity index (χ1n) is 5.55. The third-order valence-electron chi connectivity index (χ3n) is 3.25. The van der Waals surface area contributed by atoms with Gasteiger partial charge in [0.25, 0.3) is 0 Å². The van der Waals surface area contributed by atoms with Gasteiger partial charge in [-0.05, 0) is 32.0 Å². The van der Waals surface area contributed by atoms with Crippen molar-refractivity contribution >= 4 is 22.9 Å². The standard InChI is InChI=1S/C12H15ClN2S/c1-15(8-10-5-6-12(13)16-10)11-4-2-3-9(11)7-14/h5-6,9,11H,2-4,8H2,1H3. The van der Waals surface area contributed by atoms with Crippen LogP contribution in [0.4, 0.5) is 0 Å². The minimum absolute atomic E-state index is 0.209. The van der Waals surface area contributed by atoms with Gasteiger partial charge in [-0.2, -0.15) is 5.26 Å². The van der Waals surface area contributed by atoms with Gasteiger partial charge in [-0.3, -0.25) is 4.90 Å². The van der Waals surface area contributed by atoms with E-state index in [9.17, 15) is 0 Å². The SMILES string of the molecule is CN(Cc1ccc(Cl)s1)C1CCCC1C#N. The average molecular weight is 255 g/mol. The number of nitrogens with zero attached hydrogens (tertiary/aromatic N) is 2. The molecule has 2 nitrogen and oxygen atoms in total. The third-order valence-corrected chi connectivity index (χ3v) is 4.46. The van der Waals surface area contributed by atoms with E-state index in [1.54, 1.807) is 11.3 Å². The lowest BCUT2D eigenvalue weighted by Gasteiger charge is -2.25. The molecule has 1 fully saturated rings. The molecule has 86 valence electrons. The van der Waals surface area contributed by atoms with Crippen molar-refractivity contribution in [2.45, 2.75) is 31.8 Å². The monoisotopic (exact) mass is 254 g/mol. The molecule has 0 radical (unpaired) electrons. The van der Waals surface area contributed by atoms with Gasteiger partial charge in [0.1, 0.15) is 0 Å². The van der Waals surface area contributed by atoms with Crippen molar-refractivity contribution in [2.24, 2.45) is 5.92 Å². The van der Waals surface area contributed by atoms with Crippen molar-refractivity contribution in [2.75, 3.05) is 7.05 Å². The Hall–Kier alpha value is -0.560. The van der Waals surface area contributed by atoms with E-state index < -0.39 is 0 Å². The summed E-state index contributed by atoms with van der Waals surface area (Å²) in [6.45, 7) is 0.903. The quantitative estimate of drug-likeness (QED) is 0.825. The Balaban J connectivity index is 1.98. The van der Waals surface area contributed by atoms with E-state index >= 15 is 0 Å². The number of rotatable bonds is 3. The second-order valence-electron chi connectivity index (χ2n) is 4.35. The van der Waals surface area contributed by atoms with Crippen molar-refractivity contribution in [1.29, 1.82) is 5.26 Å². The summed E-state index contributed by atoms with van der Waals surface area (Å²) >= 11 is 7.53. The largest absolute Gasteiger partial charge is 0.297 e. The molecule has 0 aromatic carbocycles. The van der Waals surface area contributed by atoms with Crippen LogP contribution in [0.3, 0.4) is 0 Å². The van der Waals surface area contributed by atoms with Crippen LogP contribution in [0.25, 0.3) is 0 Å². The second-order valence-corrected chi connectivity index (χ2v) is 6.15. The van der Waals surface area contributed by atoms with Crippen molar-refractivity contribution in [3.05, 3.63) is 21.3 Å². The topological polar surface area (TPSA) is 27.0 Å². The normalized spacial score (nSPS) is 24.9. The summed E-state index contributed by atoms with van der Waals surface area (Å²) in [7, 11) is 2.11. The molecule has 0 spiro atoms. The van der Waals surface area contributed by atoms with Gasteiger partial charge in [0.2, 0.25) is 0 Å². The lowest BCUT2D eigenvalue weighted by atomic mass is 10.0. The lowest BCUT2D eigenvalue weighted by molar-refractivity contribution is 0.214. The predicted molar refractivity (Wildman–Crippen MR) is 67.5 cm³/mol. The zero-order valence-corrected chi connectivity index (χ0v) is 10.9. The molecule has 1 aromatic heterocycles. The summed E-state index contributed by atoms with van der Waals surface area (Å²) < 4.78 is 0.839. The molecule has 2 rings (SSSR count). The molecule has 2 unspecified atom stereocenters. The molecular weight excluding hydrogens is 240 g/mol. The lowest BCUT2D eigenvalue weighted by Crippen LogP contribution is -2.33. The molecule has 0 amide bonds. The van der Waals surface area contributed by atoms with E-state index in [2.05, 4.69) is 24.1 Å². The van der Waals surface area contributed by atoms with Crippen molar-refractivity contribution < 1.29 is 0 Å². The highest BCUT2D eigenvalue weighted by Crippen LogP contribution is 2.31. The zero-order valence-electron chi connectivity index (χ0n) is 9.32. The minimum atomic E-state index is 0.209. The highest BCUT2D eigenvalue weighted by molar-refractivity contribution is 7.16. The molecule has 2 atom stereocenters. The van der Waals surface area contributed by atoms with Gasteiger partial charge >= 0.3 is 0 Å². The number of hydrogen-bond acceptors (Lipinski definition) is 3. The fourth-order valence-corrected chi connectivity index (χ4v) is 3.57. The molecule has 1 saturated carbocycles. The first-order valence-corrected chi connectivity index (χ1v) is 6.74. The maximum absolute atomic E-state index is 9.06. The van der Waals surface area contributed by atoms with Gasteiger partial charge in [-0.1, -0.05) is 18.0 Å². The number of nitriles is 1. The molecule has 0 saturated heterocycles. The number of thiophene rings is 1. The Kier molecular flexibility index (Phi) is 3.86. The summed E-state index contributed by atoms with van der Waals surface area (Å²) in [5, 5.41) is 9.06. The third kappa shape index (κ3) is 2.57.